The van der Waals surface area contributed by atoms with Gasteiger partial charge in [-0.2, -0.15) is 0 Å². The highest BCUT2D eigenvalue weighted by Crippen LogP contribution is 2.16. The molecule has 0 bridgehead atoms. The molecule has 1 N–H and O–H groups in total. The number of fused-ring (bicyclic) bond motifs is 1. The van der Waals surface area contributed by atoms with E-state index in [2.05, 4.69) is 10.3 Å². The van der Waals surface area contributed by atoms with Crippen molar-refractivity contribution in [1.29, 1.82) is 0 Å². The molecule has 2 aromatic rings. The maximum Gasteiger partial charge on any atom is 0.223 e. The monoisotopic (exact) mass is 337 g/mol. The van der Waals surface area contributed by atoms with Crippen molar-refractivity contribution in [2.45, 2.75) is 20.3 Å². The largest absolute Gasteiger partial charge is 0.355 e. The maximum absolute atomic E-state index is 11.9. The highest BCUT2D eigenvalue weighted by molar-refractivity contribution is 7.90. The summed E-state index contributed by atoms with van der Waals surface area (Å²) in [5, 5.41) is 2.78. The van der Waals surface area contributed by atoms with Gasteiger partial charge in [-0.05, 0) is 24.6 Å². The van der Waals surface area contributed by atoms with Crippen molar-refractivity contribution in [1.82, 2.24) is 14.9 Å². The van der Waals surface area contributed by atoms with E-state index in [1.807, 2.05) is 36.7 Å². The third-order valence-corrected chi connectivity index (χ3v) is 4.88. The molecule has 1 heterocycles. The summed E-state index contributed by atoms with van der Waals surface area (Å²) in [5.74, 6) is -0.0375. The molecule has 0 saturated heterocycles. The number of amides is 1. The lowest BCUT2D eigenvalue weighted by Gasteiger charge is -2.11. The van der Waals surface area contributed by atoms with E-state index in [9.17, 15) is 13.2 Å². The molecule has 1 aromatic heterocycles. The first-order valence-corrected chi connectivity index (χ1v) is 9.61. The Morgan fingerprint density at radius 2 is 2.09 bits per heavy atom. The van der Waals surface area contributed by atoms with E-state index < -0.39 is 15.8 Å². The SMILES string of the molecule is Cc1ccc2c(c1)nc(CCNC(=O)[C@H](C)CS(C)(=O)=O)n2C. The number of benzene rings is 1. The van der Waals surface area contributed by atoms with Crippen LogP contribution in [0.4, 0.5) is 0 Å². The molecule has 6 nitrogen and oxygen atoms in total. The normalized spacial score (nSPS) is 13.2. The number of rotatable bonds is 6. The van der Waals surface area contributed by atoms with Crippen molar-refractivity contribution in [3.63, 3.8) is 0 Å². The van der Waals surface area contributed by atoms with Crippen LogP contribution in [0, 0.1) is 12.8 Å². The fourth-order valence-corrected chi connectivity index (χ4v) is 3.64. The zero-order chi connectivity index (χ0) is 17.2. The van der Waals surface area contributed by atoms with E-state index in [-0.39, 0.29) is 11.7 Å². The number of aryl methyl sites for hydroxylation is 2. The van der Waals surface area contributed by atoms with Gasteiger partial charge in [-0.25, -0.2) is 13.4 Å². The molecule has 1 atom stereocenters. The predicted octanol–water partition coefficient (Wildman–Crippen LogP) is 1.22. The number of nitrogens with zero attached hydrogens (tertiary/aromatic N) is 2. The summed E-state index contributed by atoms with van der Waals surface area (Å²) in [6.07, 6.45) is 1.74. The van der Waals surface area contributed by atoms with Gasteiger partial charge in [0.15, 0.2) is 0 Å². The van der Waals surface area contributed by atoms with Crippen LogP contribution in [0.5, 0.6) is 0 Å². The Morgan fingerprint density at radius 3 is 2.74 bits per heavy atom. The van der Waals surface area contributed by atoms with Gasteiger partial charge in [0.2, 0.25) is 5.91 Å². The third-order valence-electron chi connectivity index (χ3n) is 3.78. The predicted molar refractivity (Wildman–Crippen MR) is 91.0 cm³/mol. The number of aromatic nitrogens is 2. The molecule has 126 valence electrons. The number of sulfone groups is 1. The van der Waals surface area contributed by atoms with Gasteiger partial charge < -0.3 is 9.88 Å². The summed E-state index contributed by atoms with van der Waals surface area (Å²) in [6.45, 7) is 4.08. The van der Waals surface area contributed by atoms with Crippen LogP contribution in [-0.4, -0.2) is 42.4 Å². The molecule has 23 heavy (non-hydrogen) atoms. The molecular formula is C16H23N3O3S. The standard InChI is InChI=1S/C16H23N3O3S/c1-11-5-6-14-13(9-11)18-15(19(14)3)7-8-17-16(20)12(2)10-23(4,21)22/h5-6,9,12H,7-8,10H2,1-4H3,(H,17,20)/t12-/m1/s1. The van der Waals surface area contributed by atoms with E-state index in [1.54, 1.807) is 6.92 Å². The van der Waals surface area contributed by atoms with Gasteiger partial charge in [-0.3, -0.25) is 4.79 Å². The second-order valence-electron chi connectivity index (χ2n) is 6.11. The van der Waals surface area contributed by atoms with E-state index >= 15 is 0 Å². The van der Waals surface area contributed by atoms with Gasteiger partial charge in [-0.1, -0.05) is 13.0 Å². The van der Waals surface area contributed by atoms with Crippen LogP contribution in [0.1, 0.15) is 18.3 Å². The first-order valence-electron chi connectivity index (χ1n) is 7.55. The maximum atomic E-state index is 11.9. The van der Waals surface area contributed by atoms with Crippen LogP contribution >= 0.6 is 0 Å². The molecule has 2 rings (SSSR count). The van der Waals surface area contributed by atoms with Crippen molar-refractivity contribution in [3.8, 4) is 0 Å². The Labute approximate surface area is 136 Å². The minimum Gasteiger partial charge on any atom is -0.355 e. The summed E-state index contributed by atoms with van der Waals surface area (Å²) in [4.78, 5) is 16.5. The molecular weight excluding hydrogens is 314 g/mol. The zero-order valence-electron chi connectivity index (χ0n) is 14.0. The van der Waals surface area contributed by atoms with Gasteiger partial charge >= 0.3 is 0 Å². The second kappa shape index (κ2) is 6.70. The van der Waals surface area contributed by atoms with Gasteiger partial charge in [-0.15, -0.1) is 0 Å². The van der Waals surface area contributed by atoms with E-state index in [1.165, 1.54) is 0 Å². The Hall–Kier alpha value is -1.89. The molecule has 0 saturated carbocycles. The van der Waals surface area contributed by atoms with Gasteiger partial charge in [0.1, 0.15) is 15.7 Å². The quantitative estimate of drug-likeness (QED) is 0.859. The van der Waals surface area contributed by atoms with Crippen LogP contribution in [0.15, 0.2) is 18.2 Å². The van der Waals surface area contributed by atoms with E-state index in [0.29, 0.717) is 13.0 Å². The molecule has 7 heteroatoms. The lowest BCUT2D eigenvalue weighted by Crippen LogP contribution is -2.34. The number of carbonyl (C=O) groups is 1. The number of carbonyl (C=O) groups excluding carboxylic acids is 1. The Morgan fingerprint density at radius 1 is 1.39 bits per heavy atom. The molecule has 0 unspecified atom stereocenters. The number of hydrogen-bond acceptors (Lipinski definition) is 4. The average Bonchev–Trinajstić information content (AvgIpc) is 2.73. The Kier molecular flexibility index (Phi) is 5.09. The first-order chi connectivity index (χ1) is 10.7. The number of nitrogens with one attached hydrogen (secondary N) is 1. The van der Waals surface area contributed by atoms with Crippen LogP contribution < -0.4 is 5.32 Å². The summed E-state index contributed by atoms with van der Waals surface area (Å²) < 4.78 is 24.5. The lowest BCUT2D eigenvalue weighted by atomic mass is 10.2. The second-order valence-corrected chi connectivity index (χ2v) is 8.30. The van der Waals surface area contributed by atoms with Crippen LogP contribution in [0.2, 0.25) is 0 Å². The summed E-state index contributed by atoms with van der Waals surface area (Å²) in [5.41, 5.74) is 3.16. The van der Waals surface area contributed by atoms with Gasteiger partial charge in [0.05, 0.1) is 16.8 Å². The lowest BCUT2D eigenvalue weighted by molar-refractivity contribution is -0.123. The molecule has 0 radical (unpaired) electrons. The molecule has 0 fully saturated rings. The summed E-state index contributed by atoms with van der Waals surface area (Å²) in [6, 6.07) is 6.11. The third kappa shape index (κ3) is 4.54. The zero-order valence-corrected chi connectivity index (χ0v) is 14.8. The number of imidazole rings is 1. The Balaban J connectivity index is 1.96. The van der Waals surface area contributed by atoms with Crippen LogP contribution in [-0.2, 0) is 28.1 Å². The molecule has 1 amide bonds. The molecule has 1 aromatic carbocycles. The highest BCUT2D eigenvalue weighted by Gasteiger charge is 2.18. The van der Waals surface area contributed by atoms with Gasteiger partial charge in [0.25, 0.3) is 0 Å². The minimum absolute atomic E-state index is 0.135. The summed E-state index contributed by atoms with van der Waals surface area (Å²) >= 11 is 0. The first kappa shape index (κ1) is 17.5. The average molecular weight is 337 g/mol. The smallest absolute Gasteiger partial charge is 0.223 e. The topological polar surface area (TPSA) is 81.1 Å². The number of hydrogen-bond donors (Lipinski definition) is 1. The fraction of sp³-hybridized carbons (Fsp3) is 0.500. The van der Waals surface area contributed by atoms with Crippen LogP contribution in [0.25, 0.3) is 11.0 Å². The molecule has 0 aliphatic rings. The van der Waals surface area contributed by atoms with Crippen molar-refractivity contribution < 1.29 is 13.2 Å². The van der Waals surface area contributed by atoms with Gasteiger partial charge in [0, 0.05) is 32.2 Å². The van der Waals surface area contributed by atoms with Crippen molar-refractivity contribution >= 4 is 26.8 Å². The van der Waals surface area contributed by atoms with Crippen molar-refractivity contribution in [3.05, 3.63) is 29.6 Å². The highest BCUT2D eigenvalue weighted by atomic mass is 32.2. The van der Waals surface area contributed by atoms with E-state index in [4.69, 9.17) is 0 Å². The van der Waals surface area contributed by atoms with E-state index in [0.717, 1.165) is 28.7 Å². The minimum atomic E-state index is -3.15. The van der Waals surface area contributed by atoms with Crippen molar-refractivity contribution in [2.75, 3.05) is 18.6 Å². The fourth-order valence-electron chi connectivity index (χ4n) is 2.58. The molecule has 0 aliphatic heterocycles. The molecule has 0 aliphatic carbocycles. The summed E-state index contributed by atoms with van der Waals surface area (Å²) in [7, 11) is -1.20. The van der Waals surface area contributed by atoms with Crippen LogP contribution in [0.3, 0.4) is 0 Å². The van der Waals surface area contributed by atoms with Crippen molar-refractivity contribution in [2.24, 2.45) is 13.0 Å². The Bertz CT molecular complexity index is 824. The molecule has 0 spiro atoms.